The van der Waals surface area contributed by atoms with Crippen LogP contribution < -0.4 is 0 Å². The first kappa shape index (κ1) is 19.9. The highest BCUT2D eigenvalue weighted by atomic mass is 16.5. The number of hydrogen-bond acceptors (Lipinski definition) is 4. The van der Waals surface area contributed by atoms with Gasteiger partial charge in [0.25, 0.3) is 0 Å². The Kier molecular flexibility index (Phi) is 4.04. The number of rotatable bonds is 6. The van der Waals surface area contributed by atoms with Crippen LogP contribution in [-0.2, 0) is 19.1 Å². The van der Waals surface area contributed by atoms with Crippen molar-refractivity contribution >= 4 is 11.9 Å². The largest absolute Gasteiger partial charge is 0.462 e. The van der Waals surface area contributed by atoms with Crippen LogP contribution in [0.15, 0.2) is 25.3 Å². The van der Waals surface area contributed by atoms with Crippen molar-refractivity contribution in [3.63, 3.8) is 0 Å². The predicted molar refractivity (Wildman–Crippen MR) is 119 cm³/mol. The zero-order valence-corrected chi connectivity index (χ0v) is 19.0. The van der Waals surface area contributed by atoms with E-state index in [1.165, 1.54) is 63.5 Å². The smallest absolute Gasteiger partial charge is 0.330 e. The monoisotopic (exact) mass is 436 g/mol. The summed E-state index contributed by atoms with van der Waals surface area (Å²) in [6, 6.07) is 0. The molecule has 0 aromatic heterocycles. The highest BCUT2D eigenvalue weighted by Gasteiger charge is 2.84. The molecule has 7 aliphatic rings. The third-order valence-electron chi connectivity index (χ3n) is 12.3. The molecule has 12 unspecified atom stereocenters. The molecule has 0 aromatic carbocycles. The lowest BCUT2D eigenvalue weighted by molar-refractivity contribution is -0.193. The fourth-order valence-corrected chi connectivity index (χ4v) is 12.2. The number of carbonyl (C=O) groups is 2. The second-order valence-corrected chi connectivity index (χ2v) is 12.4. The van der Waals surface area contributed by atoms with Crippen molar-refractivity contribution in [1.29, 1.82) is 0 Å². The minimum absolute atomic E-state index is 0.0143. The molecule has 0 spiro atoms. The Balaban J connectivity index is 1.35. The molecule has 4 nitrogen and oxygen atoms in total. The fourth-order valence-electron chi connectivity index (χ4n) is 12.2. The lowest BCUT2D eigenvalue weighted by atomic mass is 9.45. The van der Waals surface area contributed by atoms with Gasteiger partial charge in [-0.25, -0.2) is 9.59 Å². The normalized spacial score (nSPS) is 54.9. The first-order valence-electron chi connectivity index (χ1n) is 13.1. The van der Waals surface area contributed by atoms with E-state index in [2.05, 4.69) is 13.2 Å². The van der Waals surface area contributed by atoms with Gasteiger partial charge in [0.15, 0.2) is 0 Å². The summed E-state index contributed by atoms with van der Waals surface area (Å²) in [5.41, 5.74) is -0.0462. The van der Waals surface area contributed by atoms with Crippen molar-refractivity contribution in [2.45, 2.75) is 51.4 Å². The average molecular weight is 437 g/mol. The topological polar surface area (TPSA) is 52.6 Å². The van der Waals surface area contributed by atoms with E-state index < -0.39 is 0 Å². The van der Waals surface area contributed by atoms with Crippen LogP contribution in [0.4, 0.5) is 0 Å². The van der Waals surface area contributed by atoms with Crippen molar-refractivity contribution in [3.05, 3.63) is 25.3 Å². The van der Waals surface area contributed by atoms with Crippen LogP contribution in [0.25, 0.3) is 0 Å². The summed E-state index contributed by atoms with van der Waals surface area (Å²) >= 11 is 0. The van der Waals surface area contributed by atoms with Gasteiger partial charge in [-0.3, -0.25) is 0 Å². The maximum Gasteiger partial charge on any atom is 0.330 e. The van der Waals surface area contributed by atoms with Crippen LogP contribution in [0.5, 0.6) is 0 Å². The molecule has 7 rings (SSSR count). The van der Waals surface area contributed by atoms with Crippen molar-refractivity contribution in [2.75, 3.05) is 13.2 Å². The van der Waals surface area contributed by atoms with Crippen molar-refractivity contribution in [2.24, 2.45) is 70.0 Å². The van der Waals surface area contributed by atoms with E-state index in [0.29, 0.717) is 31.0 Å². The van der Waals surface area contributed by atoms with Crippen LogP contribution in [0.1, 0.15) is 51.4 Å². The average Bonchev–Trinajstić information content (AvgIpc) is 3.62. The van der Waals surface area contributed by atoms with E-state index >= 15 is 0 Å². The van der Waals surface area contributed by atoms with E-state index in [1.54, 1.807) is 0 Å². The molecule has 0 N–H and O–H groups in total. The van der Waals surface area contributed by atoms with Gasteiger partial charge in [-0.1, -0.05) is 19.6 Å². The van der Waals surface area contributed by atoms with Gasteiger partial charge in [0.1, 0.15) is 0 Å². The summed E-state index contributed by atoms with van der Waals surface area (Å²) in [4.78, 5) is 24.6. The molecule has 0 saturated heterocycles. The first-order valence-corrected chi connectivity index (χ1v) is 13.1. The van der Waals surface area contributed by atoms with E-state index in [-0.39, 0.29) is 22.8 Å². The summed E-state index contributed by atoms with van der Waals surface area (Å²) in [5, 5.41) is 0. The number of fused-ring (bicyclic) bond motifs is 19. The zero-order chi connectivity index (χ0) is 21.8. The van der Waals surface area contributed by atoms with E-state index in [1.807, 2.05) is 0 Å². The van der Waals surface area contributed by atoms with Gasteiger partial charge in [0, 0.05) is 23.0 Å². The fraction of sp³-hybridized carbons (Fsp3) is 0.786. The van der Waals surface area contributed by atoms with Crippen LogP contribution in [0.3, 0.4) is 0 Å². The van der Waals surface area contributed by atoms with E-state index in [4.69, 9.17) is 9.47 Å². The second-order valence-electron chi connectivity index (χ2n) is 12.4. The standard InChI is InChI=1S/C28H36O4/c1-3-22(29)31-13-27-12-19(17-6-5-7-20(17)27)26-18-11-21(28(26,27)14-32-23(30)4-2)25-16-9-8-15(10-16)24(18)25/h3-4,15-21,24-26H,1-2,5-14H2. The van der Waals surface area contributed by atoms with Crippen LogP contribution in [0, 0.1) is 70.0 Å². The molecule has 7 saturated carbocycles. The third kappa shape index (κ3) is 2.08. The molecule has 0 aliphatic heterocycles. The highest BCUT2D eigenvalue weighted by Crippen LogP contribution is 2.87. The molecule has 32 heavy (non-hydrogen) atoms. The zero-order valence-electron chi connectivity index (χ0n) is 19.0. The summed E-state index contributed by atoms with van der Waals surface area (Å²) in [6.07, 6.45) is 13.3. The van der Waals surface area contributed by atoms with Gasteiger partial charge in [0.05, 0.1) is 13.2 Å². The van der Waals surface area contributed by atoms with Crippen molar-refractivity contribution in [1.82, 2.24) is 0 Å². The van der Waals surface area contributed by atoms with Gasteiger partial charge in [-0.2, -0.15) is 0 Å². The molecule has 0 aromatic rings. The maximum atomic E-state index is 12.3. The second kappa shape index (κ2) is 6.51. The molecule has 0 heterocycles. The highest BCUT2D eigenvalue weighted by molar-refractivity contribution is 5.81. The molecule has 12 atom stereocenters. The molecule has 172 valence electrons. The maximum absolute atomic E-state index is 12.3. The van der Waals surface area contributed by atoms with Gasteiger partial charge in [0.2, 0.25) is 0 Å². The molecular formula is C28H36O4. The Bertz CT molecular complexity index is 894. The molecule has 7 aliphatic carbocycles. The minimum atomic E-state index is -0.306. The summed E-state index contributed by atoms with van der Waals surface area (Å²) < 4.78 is 11.9. The molecule has 0 radical (unpaired) electrons. The number of ether oxygens (including phenoxy) is 2. The first-order chi connectivity index (χ1) is 15.6. The van der Waals surface area contributed by atoms with Crippen molar-refractivity contribution in [3.8, 4) is 0 Å². The van der Waals surface area contributed by atoms with Gasteiger partial charge < -0.3 is 9.47 Å². The van der Waals surface area contributed by atoms with E-state index in [0.717, 1.165) is 41.4 Å². The van der Waals surface area contributed by atoms with Crippen molar-refractivity contribution < 1.29 is 19.1 Å². The summed E-state index contributed by atoms with van der Waals surface area (Å²) in [6.45, 7) is 8.30. The number of esters is 2. The Hall–Kier alpha value is -1.58. The van der Waals surface area contributed by atoms with Gasteiger partial charge >= 0.3 is 11.9 Å². The Morgan fingerprint density at radius 3 is 2.28 bits per heavy atom. The molecule has 6 bridgehead atoms. The summed E-state index contributed by atoms with van der Waals surface area (Å²) in [5.74, 6) is 7.13. The van der Waals surface area contributed by atoms with Gasteiger partial charge in [-0.15, -0.1) is 0 Å². The minimum Gasteiger partial charge on any atom is -0.462 e. The molecule has 4 heteroatoms. The van der Waals surface area contributed by atoms with Gasteiger partial charge in [-0.05, 0) is 104 Å². The molecule has 7 fully saturated rings. The molecule has 0 amide bonds. The summed E-state index contributed by atoms with van der Waals surface area (Å²) in [7, 11) is 0. The van der Waals surface area contributed by atoms with Crippen LogP contribution in [0.2, 0.25) is 0 Å². The predicted octanol–water partition coefficient (Wildman–Crippen LogP) is 4.80. The number of hydrogen-bond donors (Lipinski definition) is 0. The quantitative estimate of drug-likeness (QED) is 0.341. The SMILES string of the molecule is C=CC(=O)OCC12CC(C3CCCC31)C1C3CC(C4C5CCC(C5)C34)C12COC(=O)C=C. The Morgan fingerprint density at radius 2 is 1.53 bits per heavy atom. The Labute approximate surface area is 191 Å². The lowest BCUT2D eigenvalue weighted by Gasteiger charge is -2.60. The number of carbonyl (C=O) groups excluding carboxylic acids is 2. The lowest BCUT2D eigenvalue weighted by Crippen LogP contribution is -2.61. The van der Waals surface area contributed by atoms with Crippen LogP contribution >= 0.6 is 0 Å². The Morgan fingerprint density at radius 1 is 0.812 bits per heavy atom. The van der Waals surface area contributed by atoms with E-state index in [9.17, 15) is 9.59 Å². The van der Waals surface area contributed by atoms with Crippen LogP contribution in [-0.4, -0.2) is 25.2 Å². The molecular weight excluding hydrogens is 400 g/mol. The third-order valence-corrected chi connectivity index (χ3v) is 12.3.